The van der Waals surface area contributed by atoms with Crippen molar-refractivity contribution in [2.75, 3.05) is 19.0 Å². The minimum Gasteiger partial charge on any atom is -0.512 e. The van der Waals surface area contributed by atoms with Crippen molar-refractivity contribution in [3.63, 3.8) is 0 Å². The van der Waals surface area contributed by atoms with Crippen LogP contribution in [0.1, 0.15) is 44.4 Å². The molecule has 0 unspecified atom stereocenters. The SMILES string of the molecule is CC(=O)C=C(C)O.CC(=O)C=C(C)O.CN(C)c1ccnc(-c2[c-]cc(F)cc2)c1.Cc1c[c-]c(-c2ccccn2)cc1.Cc1cc[c-]c(-c2ccccn2)c1.Cc1ccnc(-c2[c-]cc(F)cc2F)c1.Oc1ccccc1-c1ccccc1.[Ir].[Ir].[Ir].[Ir].[Ir].[Pt].[c-]1c(-c2ccccn2)cccc1-c1ccccn1.[c-]1ccccc1-c1nccc2ccccc12. The third-order valence-electron chi connectivity index (χ3n) is 16.3. The minimum atomic E-state index is -0.645. The number of benzene rings is 9. The standard InChI is InChI=1S/C16H11N2.C15H10N.C13H12FN2.C12H8F2N.2C12H10N.C12H10O.2C5H8O2.5Ir.Pt/c1-3-10-17-15(8-1)13-6-5-7-14(12-13)16-9-2-4-11-18-16;1-2-7-13(8-3-1)15-14-9-5-4-6-12(14)10-11-16-15;1-16(2)12-7-8-15-13(9-12)10-3-5-11(14)6-4-10;1-8-4-5-15-12(6-8)10-3-2-9(13)7-11(10)14;1-10-5-4-6-11(9-10)12-7-2-3-8-13-12;1-10-5-7-11(8-6-10)12-4-2-3-9-13-12;13-12-9-5-4-8-11(12)10-6-2-1-3-7-10;2*1-4(6)3-5(2)7;;;;;;/h1-11H;1-7,9-11H;3,5-9H,1-2H3;2,4-7H,1H3;2-5,7-9H,1H3;2-7,9H,1H3;1-9,13H;2*3,6H,1-2H3;;;;;;/q6*-1;;;;;;;;;. The smallest absolute Gasteiger partial charge is 0.155 e. The zero-order valence-electron chi connectivity index (χ0n) is 68.8. The quantitative estimate of drug-likeness (QED) is 0.0631. The Morgan fingerprint density at radius 2 is 0.847 bits per heavy atom. The summed E-state index contributed by atoms with van der Waals surface area (Å²) in [7, 11) is 3.93. The van der Waals surface area contributed by atoms with Gasteiger partial charge >= 0.3 is 0 Å². The van der Waals surface area contributed by atoms with Gasteiger partial charge < -0.3 is 45.1 Å². The molecule has 0 aliphatic rings. The van der Waals surface area contributed by atoms with E-state index in [0.29, 0.717) is 11.4 Å². The van der Waals surface area contributed by atoms with E-state index in [1.54, 1.807) is 55.4 Å². The average Bonchev–Trinajstić information content (AvgIpc) is 0.811. The predicted octanol–water partition coefficient (Wildman–Crippen LogP) is 24.0. The van der Waals surface area contributed by atoms with Crippen LogP contribution in [0, 0.1) is 74.6 Å². The molecule has 0 atom stereocenters. The number of ketones is 2. The molecule has 0 amide bonds. The number of anilines is 1. The molecule has 9 aromatic carbocycles. The first-order valence-corrected chi connectivity index (χ1v) is 37.2. The van der Waals surface area contributed by atoms with E-state index in [-0.39, 0.29) is 156 Å². The molecule has 13 nitrogen and oxygen atoms in total. The first-order valence-electron chi connectivity index (χ1n) is 37.2. The van der Waals surface area contributed by atoms with E-state index >= 15 is 0 Å². The molecule has 0 saturated heterocycles. The van der Waals surface area contributed by atoms with E-state index in [2.05, 4.69) is 109 Å². The normalized spacial score (nSPS) is 9.81. The number of phenolic OH excluding ortho intramolecular Hbond substituents is 1. The number of rotatable bonds is 11. The summed E-state index contributed by atoms with van der Waals surface area (Å²) >= 11 is 0. The maximum absolute atomic E-state index is 13.4. The molecule has 16 aromatic rings. The number of fused-ring (bicyclic) bond motifs is 1. The fraction of sp³-hybridized carbons (Fsp3) is 0.0882. The van der Waals surface area contributed by atoms with Gasteiger partial charge in [-0.05, 0) is 128 Å². The van der Waals surface area contributed by atoms with Crippen molar-refractivity contribution in [3.05, 3.63) is 429 Å². The number of aromatic hydroxyl groups is 1. The van der Waals surface area contributed by atoms with E-state index in [9.17, 15) is 27.9 Å². The van der Waals surface area contributed by atoms with Crippen LogP contribution < -0.4 is 4.90 Å². The number of allylic oxidation sites excluding steroid dienone is 4. The summed E-state index contributed by atoms with van der Waals surface area (Å²) in [4.78, 5) is 51.9. The van der Waals surface area contributed by atoms with Crippen LogP contribution in [0.3, 0.4) is 0 Å². The zero-order chi connectivity index (χ0) is 84.4. The van der Waals surface area contributed by atoms with Gasteiger partial charge in [0.25, 0.3) is 0 Å². The van der Waals surface area contributed by atoms with Gasteiger partial charge in [0.05, 0.1) is 11.5 Å². The second kappa shape index (κ2) is 59.8. The summed E-state index contributed by atoms with van der Waals surface area (Å²) in [6.07, 6.45) is 14.7. The largest absolute Gasteiger partial charge is 0.512 e. The van der Waals surface area contributed by atoms with Crippen LogP contribution in [0.2, 0.25) is 0 Å². The number of aromatic nitrogens is 7. The Bertz CT molecular complexity index is 5740. The van der Waals surface area contributed by atoms with Crippen LogP contribution in [0.4, 0.5) is 18.9 Å². The van der Waals surface area contributed by atoms with E-state index in [1.807, 2.05) is 257 Å². The Hall–Kier alpha value is -11.0. The summed E-state index contributed by atoms with van der Waals surface area (Å²) in [5.74, 6) is -1.36. The summed E-state index contributed by atoms with van der Waals surface area (Å²) < 4.78 is 38.8. The number of aliphatic hydroxyl groups is 2. The molecule has 7 aromatic heterocycles. The number of halogens is 3. The van der Waals surface area contributed by atoms with Crippen molar-refractivity contribution in [1.82, 2.24) is 34.9 Å². The number of hydrogen-bond donors (Lipinski definition) is 3. The maximum Gasteiger partial charge on any atom is 0.155 e. The Balaban J connectivity index is 0.000000475. The van der Waals surface area contributed by atoms with Gasteiger partial charge in [0, 0.05) is 231 Å². The van der Waals surface area contributed by atoms with Gasteiger partial charge in [-0.2, -0.15) is 0 Å². The van der Waals surface area contributed by atoms with Crippen LogP contribution >= 0.6 is 0 Å². The van der Waals surface area contributed by atoms with Gasteiger partial charge in [-0.3, -0.25) is 32.7 Å². The van der Waals surface area contributed by atoms with Gasteiger partial charge in [-0.1, -0.05) is 176 Å². The van der Waals surface area contributed by atoms with Crippen molar-refractivity contribution in [2.45, 2.75) is 48.5 Å². The number of phenols is 1. The number of hydrogen-bond acceptors (Lipinski definition) is 13. The summed E-state index contributed by atoms with van der Waals surface area (Å²) in [6.45, 7) is 11.7. The van der Waals surface area contributed by atoms with Crippen molar-refractivity contribution in [3.8, 4) is 95.7 Å². The third kappa shape index (κ3) is 38.8. The molecule has 7 heterocycles. The summed E-state index contributed by atoms with van der Waals surface area (Å²) in [6, 6.07) is 109. The fourth-order valence-corrected chi connectivity index (χ4v) is 10.8. The Kier molecular flexibility index (Phi) is 52.6. The van der Waals surface area contributed by atoms with Crippen LogP contribution in [0.25, 0.3) is 101 Å². The molecule has 16 rings (SSSR count). The van der Waals surface area contributed by atoms with Crippen molar-refractivity contribution < 1.29 is 160 Å². The number of carbonyl (C=O) groups excluding carboxylic acids is 2. The van der Waals surface area contributed by atoms with Crippen molar-refractivity contribution in [1.29, 1.82) is 0 Å². The molecule has 0 saturated carbocycles. The number of aryl methyl sites for hydroxylation is 3. The molecule has 0 aliphatic carbocycles. The molecular weight excluding hydrogens is 2630 g/mol. The predicted molar refractivity (Wildman–Crippen MR) is 468 cm³/mol. The third-order valence-corrected chi connectivity index (χ3v) is 16.3. The molecule has 0 aliphatic heterocycles. The number of carbonyl (C=O) groups is 2. The molecule has 0 spiro atoms. The molecule has 5 radical (unpaired) electrons. The Labute approximate surface area is 806 Å². The zero-order valence-corrected chi connectivity index (χ0v) is 83.0. The van der Waals surface area contributed by atoms with Gasteiger partial charge in [0.15, 0.2) is 11.6 Å². The van der Waals surface area contributed by atoms with E-state index < -0.39 is 11.6 Å². The molecule has 22 heteroatoms. The molecule has 3 N–H and O–H groups in total. The number of aliphatic hydroxyl groups excluding tert-OH is 2. The van der Waals surface area contributed by atoms with Gasteiger partial charge in [-0.25, -0.2) is 0 Å². The van der Waals surface area contributed by atoms with Crippen LogP contribution in [0.15, 0.2) is 358 Å². The molecule has 124 heavy (non-hydrogen) atoms. The van der Waals surface area contributed by atoms with E-state index in [1.165, 1.54) is 73.9 Å². The average molecular weight is 2720 g/mol. The summed E-state index contributed by atoms with van der Waals surface area (Å²) in [5.41, 5.74) is 18.6. The molecule has 647 valence electrons. The topological polar surface area (TPSA) is 188 Å². The van der Waals surface area contributed by atoms with Crippen LogP contribution in [0.5, 0.6) is 5.75 Å². The first-order chi connectivity index (χ1) is 57.1. The molecular formula is C102H87F3Ir5N8O5Pt-6. The molecule has 0 bridgehead atoms. The Morgan fingerprint density at radius 3 is 1.35 bits per heavy atom. The van der Waals surface area contributed by atoms with Gasteiger partial charge in [-0.15, -0.1) is 173 Å². The van der Waals surface area contributed by atoms with E-state index in [0.717, 1.165) is 102 Å². The summed E-state index contributed by atoms with van der Waals surface area (Å²) in [5, 5.41) is 28.7. The number of pyridine rings is 7. The van der Waals surface area contributed by atoms with E-state index in [4.69, 9.17) is 10.2 Å². The van der Waals surface area contributed by atoms with Gasteiger partial charge in [0.2, 0.25) is 0 Å². The van der Waals surface area contributed by atoms with Gasteiger partial charge in [0.1, 0.15) is 5.75 Å². The first kappa shape index (κ1) is 109. The monoisotopic (exact) mass is 2720 g/mol. The number of para-hydroxylation sites is 1. The molecule has 0 fully saturated rings. The van der Waals surface area contributed by atoms with Crippen molar-refractivity contribution >= 4 is 28.0 Å². The Morgan fingerprint density at radius 1 is 0.371 bits per heavy atom. The second-order valence-electron chi connectivity index (χ2n) is 26.2. The maximum atomic E-state index is 13.4. The fourth-order valence-electron chi connectivity index (χ4n) is 10.8. The van der Waals surface area contributed by atoms with Crippen LogP contribution in [-0.4, -0.2) is 75.9 Å². The number of nitrogens with zero attached hydrogens (tertiary/aromatic N) is 8. The second-order valence-corrected chi connectivity index (χ2v) is 26.2. The van der Waals surface area contributed by atoms with Crippen LogP contribution in [-0.2, 0) is 131 Å². The van der Waals surface area contributed by atoms with Crippen molar-refractivity contribution in [2.24, 2.45) is 0 Å². The minimum absolute atomic E-state index is 0.